The SMILES string of the molecule is C[C@@H]1CNCCN1C(=O)CCNS(=O)(=O)c1cccc([N+](=O)[O-])c1.Cl. The van der Waals surface area contributed by atoms with Gasteiger partial charge >= 0.3 is 0 Å². The maximum Gasteiger partial charge on any atom is 0.270 e. The van der Waals surface area contributed by atoms with E-state index in [0.717, 1.165) is 12.6 Å². The van der Waals surface area contributed by atoms with E-state index < -0.39 is 14.9 Å². The van der Waals surface area contributed by atoms with E-state index in [1.54, 1.807) is 4.90 Å². The van der Waals surface area contributed by atoms with Gasteiger partial charge in [-0.05, 0) is 13.0 Å². The summed E-state index contributed by atoms with van der Waals surface area (Å²) in [6.07, 6.45) is 0.0402. The van der Waals surface area contributed by atoms with Crippen LogP contribution in [0.1, 0.15) is 13.3 Å². The zero-order valence-corrected chi connectivity index (χ0v) is 15.3. The Hall–Kier alpha value is -1.75. The highest BCUT2D eigenvalue weighted by Gasteiger charge is 2.23. The van der Waals surface area contributed by atoms with Crippen LogP contribution < -0.4 is 10.0 Å². The lowest BCUT2D eigenvalue weighted by Crippen LogP contribution is -2.52. The third-order valence-corrected chi connectivity index (χ3v) is 5.25. The molecular weight excluding hydrogens is 372 g/mol. The smallest absolute Gasteiger partial charge is 0.270 e. The van der Waals surface area contributed by atoms with Crippen molar-refractivity contribution in [2.75, 3.05) is 26.2 Å². The lowest BCUT2D eigenvalue weighted by atomic mass is 10.2. The summed E-state index contributed by atoms with van der Waals surface area (Å²) < 4.78 is 26.6. The molecule has 140 valence electrons. The second kappa shape index (κ2) is 9.09. The lowest BCUT2D eigenvalue weighted by molar-refractivity contribution is -0.385. The predicted octanol–water partition coefficient (Wildman–Crippen LogP) is 0.505. The Labute approximate surface area is 152 Å². The van der Waals surface area contributed by atoms with Crippen molar-refractivity contribution in [2.45, 2.75) is 24.3 Å². The zero-order chi connectivity index (χ0) is 17.7. The fraction of sp³-hybridized carbons (Fsp3) is 0.500. The molecule has 0 saturated carbocycles. The van der Waals surface area contributed by atoms with Crippen LogP contribution in [0.2, 0.25) is 0 Å². The highest BCUT2D eigenvalue weighted by molar-refractivity contribution is 7.89. The molecule has 1 aromatic carbocycles. The Morgan fingerprint density at radius 3 is 2.84 bits per heavy atom. The van der Waals surface area contributed by atoms with Crippen LogP contribution in [0.15, 0.2) is 29.2 Å². The number of halogens is 1. The molecule has 1 aliphatic rings. The molecule has 0 aromatic heterocycles. The van der Waals surface area contributed by atoms with Crippen molar-refractivity contribution >= 4 is 34.0 Å². The summed E-state index contributed by atoms with van der Waals surface area (Å²) in [5, 5.41) is 13.9. The van der Waals surface area contributed by atoms with Crippen molar-refractivity contribution in [1.82, 2.24) is 14.9 Å². The Kier molecular flexibility index (Phi) is 7.74. The van der Waals surface area contributed by atoms with E-state index in [2.05, 4.69) is 10.0 Å². The summed E-state index contributed by atoms with van der Waals surface area (Å²) in [5.41, 5.74) is -0.302. The maximum atomic E-state index is 12.2. The molecule has 2 rings (SSSR count). The van der Waals surface area contributed by atoms with Crippen molar-refractivity contribution in [2.24, 2.45) is 0 Å². The van der Waals surface area contributed by atoms with Crippen molar-refractivity contribution in [3.05, 3.63) is 34.4 Å². The normalized spacial score (nSPS) is 17.6. The molecule has 0 spiro atoms. The van der Waals surface area contributed by atoms with Gasteiger partial charge < -0.3 is 10.2 Å². The zero-order valence-electron chi connectivity index (χ0n) is 13.7. The van der Waals surface area contributed by atoms with Crippen LogP contribution in [0.25, 0.3) is 0 Å². The molecule has 1 aliphatic heterocycles. The van der Waals surface area contributed by atoms with Crippen molar-refractivity contribution < 1.29 is 18.1 Å². The third-order valence-electron chi connectivity index (χ3n) is 3.79. The molecule has 11 heteroatoms. The van der Waals surface area contributed by atoms with Crippen LogP contribution in [0.3, 0.4) is 0 Å². The molecule has 0 bridgehead atoms. The van der Waals surface area contributed by atoms with Crippen LogP contribution in [0, 0.1) is 10.1 Å². The molecule has 0 unspecified atom stereocenters. The first-order valence-corrected chi connectivity index (χ1v) is 9.04. The van der Waals surface area contributed by atoms with Gasteiger partial charge in [-0.2, -0.15) is 0 Å². The van der Waals surface area contributed by atoms with Gasteiger partial charge in [-0.3, -0.25) is 14.9 Å². The molecule has 1 atom stereocenters. The predicted molar refractivity (Wildman–Crippen MR) is 94.2 cm³/mol. The molecule has 9 nitrogen and oxygen atoms in total. The highest BCUT2D eigenvalue weighted by atomic mass is 35.5. The number of hydrogen-bond acceptors (Lipinski definition) is 6. The van der Waals surface area contributed by atoms with E-state index in [9.17, 15) is 23.3 Å². The number of nitro groups is 1. The Morgan fingerprint density at radius 1 is 1.48 bits per heavy atom. The number of amides is 1. The van der Waals surface area contributed by atoms with Crippen LogP contribution in [-0.2, 0) is 14.8 Å². The van der Waals surface area contributed by atoms with Crippen LogP contribution in [0.5, 0.6) is 0 Å². The number of piperazine rings is 1. The minimum absolute atomic E-state index is 0. The first-order chi connectivity index (χ1) is 11.3. The topological polar surface area (TPSA) is 122 Å². The largest absolute Gasteiger partial charge is 0.337 e. The third kappa shape index (κ3) is 5.63. The molecule has 1 fully saturated rings. The molecule has 1 amide bonds. The van der Waals surface area contributed by atoms with E-state index in [1.165, 1.54) is 18.2 Å². The van der Waals surface area contributed by atoms with Gasteiger partial charge in [0.1, 0.15) is 0 Å². The summed E-state index contributed by atoms with van der Waals surface area (Å²) in [6.45, 7) is 3.90. The monoisotopic (exact) mass is 392 g/mol. The average molecular weight is 393 g/mol. The number of rotatable bonds is 6. The Morgan fingerprint density at radius 2 is 2.20 bits per heavy atom. The van der Waals surface area contributed by atoms with Gasteiger partial charge in [0.2, 0.25) is 15.9 Å². The number of sulfonamides is 1. The van der Waals surface area contributed by atoms with Gasteiger partial charge in [0.15, 0.2) is 0 Å². The second-order valence-electron chi connectivity index (χ2n) is 5.54. The van der Waals surface area contributed by atoms with Gasteiger partial charge in [0.25, 0.3) is 5.69 Å². The molecule has 2 N–H and O–H groups in total. The fourth-order valence-electron chi connectivity index (χ4n) is 2.50. The number of hydrogen-bond donors (Lipinski definition) is 2. The minimum atomic E-state index is -3.89. The van der Waals surface area contributed by atoms with Crippen molar-refractivity contribution in [1.29, 1.82) is 0 Å². The summed E-state index contributed by atoms with van der Waals surface area (Å²) in [7, 11) is -3.89. The molecular formula is C14H21ClN4O5S. The molecule has 1 saturated heterocycles. The fourth-order valence-corrected chi connectivity index (χ4v) is 3.57. The van der Waals surface area contributed by atoms with Crippen molar-refractivity contribution in [3.63, 3.8) is 0 Å². The van der Waals surface area contributed by atoms with E-state index >= 15 is 0 Å². The summed E-state index contributed by atoms with van der Waals surface area (Å²) in [4.78, 5) is 23.7. The average Bonchev–Trinajstić information content (AvgIpc) is 2.55. The van der Waals surface area contributed by atoms with Gasteiger partial charge in [0, 0.05) is 50.8 Å². The maximum absolute atomic E-state index is 12.2. The number of nitro benzene ring substituents is 1. The van der Waals surface area contributed by atoms with Crippen LogP contribution in [0.4, 0.5) is 5.69 Å². The number of nitrogens with one attached hydrogen (secondary N) is 2. The van der Waals surface area contributed by atoms with E-state index in [0.29, 0.717) is 13.1 Å². The summed E-state index contributed by atoms with van der Waals surface area (Å²) >= 11 is 0. The van der Waals surface area contributed by atoms with Crippen molar-refractivity contribution in [3.8, 4) is 0 Å². The van der Waals surface area contributed by atoms with Gasteiger partial charge in [-0.15, -0.1) is 12.4 Å². The van der Waals surface area contributed by atoms with Gasteiger partial charge in [0.05, 0.1) is 9.82 Å². The molecule has 0 radical (unpaired) electrons. The van der Waals surface area contributed by atoms with Crippen LogP contribution >= 0.6 is 12.4 Å². The quantitative estimate of drug-likeness (QED) is 0.537. The first kappa shape index (κ1) is 21.3. The minimum Gasteiger partial charge on any atom is -0.337 e. The number of nitrogens with zero attached hydrogens (tertiary/aromatic N) is 2. The number of benzene rings is 1. The number of carbonyl (C=O) groups is 1. The lowest BCUT2D eigenvalue weighted by Gasteiger charge is -2.34. The van der Waals surface area contributed by atoms with E-state index in [-0.39, 0.29) is 47.9 Å². The summed E-state index contributed by atoms with van der Waals surface area (Å²) in [6, 6.07) is 4.85. The molecule has 0 aliphatic carbocycles. The molecule has 1 aromatic rings. The number of carbonyl (C=O) groups excluding carboxylic acids is 1. The first-order valence-electron chi connectivity index (χ1n) is 7.55. The summed E-state index contributed by atoms with van der Waals surface area (Å²) in [5.74, 6) is -0.120. The molecule has 1 heterocycles. The van der Waals surface area contributed by atoms with Crippen LogP contribution in [-0.4, -0.2) is 56.4 Å². The Bertz CT molecular complexity index is 728. The Balaban J connectivity index is 0.00000312. The second-order valence-corrected chi connectivity index (χ2v) is 7.31. The van der Waals surface area contributed by atoms with E-state index in [4.69, 9.17) is 0 Å². The number of non-ortho nitro benzene ring substituents is 1. The van der Waals surface area contributed by atoms with Gasteiger partial charge in [-0.25, -0.2) is 13.1 Å². The molecule has 25 heavy (non-hydrogen) atoms. The highest BCUT2D eigenvalue weighted by Crippen LogP contribution is 2.17. The standard InChI is InChI=1S/C14H20N4O5S.ClH/c1-11-10-15-7-8-17(11)14(19)5-6-16-24(22,23)13-4-2-3-12(9-13)18(20)21;/h2-4,9,11,15-16H,5-8,10H2,1H3;1H/t11-;/m1./s1. The van der Waals surface area contributed by atoms with E-state index in [1.807, 2.05) is 6.92 Å². The van der Waals surface area contributed by atoms with Gasteiger partial charge in [-0.1, -0.05) is 6.07 Å².